The van der Waals surface area contributed by atoms with E-state index in [2.05, 4.69) is 10.3 Å². The number of nitrogens with zero attached hydrogens (tertiary/aromatic N) is 2. The predicted molar refractivity (Wildman–Crippen MR) is 92.3 cm³/mol. The summed E-state index contributed by atoms with van der Waals surface area (Å²) in [6.45, 7) is 7.24. The van der Waals surface area contributed by atoms with E-state index in [0.29, 0.717) is 34.0 Å². The van der Waals surface area contributed by atoms with Crippen molar-refractivity contribution < 1.29 is 4.74 Å². The van der Waals surface area contributed by atoms with E-state index < -0.39 is 0 Å². The molecule has 0 aliphatic carbocycles. The molecule has 0 spiro atoms. The highest BCUT2D eigenvalue weighted by Gasteiger charge is 2.17. The molecule has 1 aromatic carbocycles. The molecule has 2 aromatic rings. The van der Waals surface area contributed by atoms with Crippen LogP contribution < -0.4 is 15.6 Å². The van der Waals surface area contributed by atoms with Gasteiger partial charge in [0.05, 0.1) is 29.1 Å². The summed E-state index contributed by atoms with van der Waals surface area (Å²) in [6.07, 6.45) is 0. The third-order valence-corrected chi connectivity index (χ3v) is 3.62. The minimum Gasteiger partial charge on any atom is -0.493 e. The predicted octanol–water partition coefficient (Wildman–Crippen LogP) is 3.38. The smallest absolute Gasteiger partial charge is 0.262 e. The second-order valence-electron chi connectivity index (χ2n) is 4.27. The molecule has 5 nitrogen and oxygen atoms in total. The number of hydrogen-bond donors (Lipinski definition) is 1. The lowest BCUT2D eigenvalue weighted by atomic mass is 10.2. The van der Waals surface area contributed by atoms with Gasteiger partial charge in [0.2, 0.25) is 0 Å². The maximum Gasteiger partial charge on any atom is 0.262 e. The molecule has 0 aliphatic rings. The van der Waals surface area contributed by atoms with Gasteiger partial charge in [0.15, 0.2) is 5.75 Å². The second kappa shape index (κ2) is 8.36. The van der Waals surface area contributed by atoms with Crippen LogP contribution in [0, 0.1) is 0 Å². The minimum atomic E-state index is -0.220. The Hall–Kier alpha value is -1.30. The van der Waals surface area contributed by atoms with E-state index in [1.165, 1.54) is 17.7 Å². The number of aromatic nitrogens is 2. The van der Waals surface area contributed by atoms with Gasteiger partial charge in [-0.25, -0.2) is 4.98 Å². The highest BCUT2D eigenvalue weighted by Crippen LogP contribution is 2.35. The lowest BCUT2D eigenvalue weighted by molar-refractivity contribution is 0.418. The van der Waals surface area contributed by atoms with Gasteiger partial charge < -0.3 is 10.1 Å². The molecule has 0 atom stereocenters. The van der Waals surface area contributed by atoms with Gasteiger partial charge in [0.25, 0.3) is 5.56 Å². The summed E-state index contributed by atoms with van der Waals surface area (Å²) in [6, 6.07) is 1.50. The first-order valence-electron chi connectivity index (χ1n) is 7.13. The highest BCUT2D eigenvalue weighted by molar-refractivity contribution is 6.39. The highest BCUT2D eigenvalue weighted by atomic mass is 35.5. The minimum absolute atomic E-state index is 0.220. The van der Waals surface area contributed by atoms with Crippen LogP contribution in [-0.4, -0.2) is 23.2 Å². The van der Waals surface area contributed by atoms with Gasteiger partial charge in [-0.15, -0.1) is 0 Å². The molecule has 0 unspecified atom stereocenters. The Morgan fingerprint density at radius 3 is 2.50 bits per heavy atom. The van der Waals surface area contributed by atoms with Crippen LogP contribution in [0.15, 0.2) is 10.9 Å². The lowest BCUT2D eigenvalue weighted by Gasteiger charge is -2.13. The number of ether oxygens (including phenoxy) is 1. The van der Waals surface area contributed by atoms with Gasteiger partial charge in [-0.3, -0.25) is 9.36 Å². The molecule has 122 valence electrons. The fourth-order valence-corrected chi connectivity index (χ4v) is 2.59. The van der Waals surface area contributed by atoms with Crippen LogP contribution in [0.1, 0.15) is 26.6 Å². The second-order valence-corrected chi connectivity index (χ2v) is 5.08. The fourth-order valence-electron chi connectivity index (χ4n) is 1.98. The molecule has 7 heteroatoms. The van der Waals surface area contributed by atoms with Gasteiger partial charge in [-0.05, 0) is 12.6 Å². The summed E-state index contributed by atoms with van der Waals surface area (Å²) < 4.78 is 6.72. The Morgan fingerprint density at radius 2 is 1.95 bits per heavy atom. The van der Waals surface area contributed by atoms with Crippen LogP contribution in [0.3, 0.4) is 0 Å². The average molecular weight is 346 g/mol. The first-order valence-corrected chi connectivity index (χ1v) is 7.89. The zero-order valence-corrected chi connectivity index (χ0v) is 15.0. The van der Waals surface area contributed by atoms with Crippen molar-refractivity contribution in [3.05, 3.63) is 32.3 Å². The maximum absolute atomic E-state index is 12.4. The van der Waals surface area contributed by atoms with Crippen LogP contribution in [-0.2, 0) is 13.6 Å². The van der Waals surface area contributed by atoms with E-state index in [1.54, 1.807) is 7.05 Å². The third kappa shape index (κ3) is 3.54. The standard InChI is InChI=1S/C13H15Cl2N3O2.C2H6/c1-4-16-6-9-17-11-10(13(19)18(9)2)7(14)5-8(15)12(11)20-3;1-2/h5,16H,4,6H2,1-3H3;1-2H3. The van der Waals surface area contributed by atoms with Gasteiger partial charge in [0.1, 0.15) is 11.3 Å². The topological polar surface area (TPSA) is 56.2 Å². The number of rotatable bonds is 4. The van der Waals surface area contributed by atoms with Crippen molar-refractivity contribution in [2.45, 2.75) is 27.3 Å². The number of hydrogen-bond acceptors (Lipinski definition) is 4. The monoisotopic (exact) mass is 345 g/mol. The normalized spacial score (nSPS) is 10.3. The molecule has 2 rings (SSSR count). The van der Waals surface area contributed by atoms with Crippen molar-refractivity contribution in [3.63, 3.8) is 0 Å². The first-order chi connectivity index (χ1) is 10.5. The molecule has 0 radical (unpaired) electrons. The van der Waals surface area contributed by atoms with Gasteiger partial charge in [0, 0.05) is 7.05 Å². The van der Waals surface area contributed by atoms with Gasteiger partial charge in [-0.1, -0.05) is 44.0 Å². The summed E-state index contributed by atoms with van der Waals surface area (Å²) in [7, 11) is 3.15. The molecule has 0 saturated heterocycles. The molecular weight excluding hydrogens is 325 g/mol. The summed E-state index contributed by atoms with van der Waals surface area (Å²) in [4.78, 5) is 16.9. The summed E-state index contributed by atoms with van der Waals surface area (Å²) in [5, 5.41) is 4.06. The quantitative estimate of drug-likeness (QED) is 0.922. The maximum atomic E-state index is 12.4. The molecule has 0 amide bonds. The molecule has 0 bridgehead atoms. The van der Waals surface area contributed by atoms with E-state index >= 15 is 0 Å². The van der Waals surface area contributed by atoms with Crippen molar-refractivity contribution in [2.75, 3.05) is 13.7 Å². The first kappa shape index (κ1) is 18.7. The molecule has 0 fully saturated rings. The Morgan fingerprint density at radius 1 is 1.32 bits per heavy atom. The Labute approximate surface area is 140 Å². The van der Waals surface area contributed by atoms with Crippen molar-refractivity contribution in [1.82, 2.24) is 14.9 Å². The molecule has 1 heterocycles. The zero-order chi connectivity index (χ0) is 16.9. The average Bonchev–Trinajstić information content (AvgIpc) is 2.51. The van der Waals surface area contributed by atoms with Gasteiger partial charge in [-0.2, -0.15) is 0 Å². The zero-order valence-electron chi connectivity index (χ0n) is 13.5. The van der Waals surface area contributed by atoms with E-state index in [1.807, 2.05) is 20.8 Å². The number of nitrogens with one attached hydrogen (secondary N) is 1. The Kier molecular flexibility index (Phi) is 7.13. The van der Waals surface area contributed by atoms with Crippen molar-refractivity contribution in [1.29, 1.82) is 0 Å². The fraction of sp³-hybridized carbons (Fsp3) is 0.467. The van der Waals surface area contributed by atoms with E-state index in [4.69, 9.17) is 27.9 Å². The molecule has 0 aliphatic heterocycles. The summed E-state index contributed by atoms with van der Waals surface area (Å²) >= 11 is 12.2. The number of halogens is 2. The Balaban J connectivity index is 0.00000116. The van der Waals surface area contributed by atoms with Crippen molar-refractivity contribution in [3.8, 4) is 5.75 Å². The van der Waals surface area contributed by atoms with Crippen LogP contribution in [0.5, 0.6) is 5.75 Å². The molecule has 1 N–H and O–H groups in total. The van der Waals surface area contributed by atoms with Crippen molar-refractivity contribution in [2.24, 2.45) is 7.05 Å². The summed E-state index contributed by atoms with van der Waals surface area (Å²) in [5.74, 6) is 0.961. The van der Waals surface area contributed by atoms with Crippen LogP contribution >= 0.6 is 23.2 Å². The molecule has 22 heavy (non-hydrogen) atoms. The molecule has 0 saturated carbocycles. The van der Waals surface area contributed by atoms with Crippen LogP contribution in [0.25, 0.3) is 10.9 Å². The number of methoxy groups -OCH3 is 1. The van der Waals surface area contributed by atoms with E-state index in [9.17, 15) is 4.79 Å². The van der Waals surface area contributed by atoms with Crippen molar-refractivity contribution >= 4 is 34.1 Å². The number of fused-ring (bicyclic) bond motifs is 1. The molecular formula is C15H21Cl2N3O2. The molecule has 1 aromatic heterocycles. The van der Waals surface area contributed by atoms with Crippen LogP contribution in [0.4, 0.5) is 0 Å². The van der Waals surface area contributed by atoms with E-state index in [0.717, 1.165) is 6.54 Å². The lowest BCUT2D eigenvalue weighted by Crippen LogP contribution is -2.26. The SMILES string of the molecule is CC.CCNCc1nc2c(OC)c(Cl)cc(Cl)c2c(=O)n1C. The number of benzene rings is 1. The Bertz CT molecular complexity index is 714. The largest absolute Gasteiger partial charge is 0.493 e. The van der Waals surface area contributed by atoms with Crippen LogP contribution in [0.2, 0.25) is 10.0 Å². The third-order valence-electron chi connectivity index (χ3n) is 3.04. The van der Waals surface area contributed by atoms with Gasteiger partial charge >= 0.3 is 0 Å². The van der Waals surface area contributed by atoms with E-state index in [-0.39, 0.29) is 10.6 Å². The summed E-state index contributed by atoms with van der Waals surface area (Å²) in [5.41, 5.74) is 0.170.